The Balaban J connectivity index is 1.98. The van der Waals surface area contributed by atoms with Gasteiger partial charge in [-0.3, -0.25) is 9.89 Å². The van der Waals surface area contributed by atoms with Crippen LogP contribution in [-0.2, 0) is 14.3 Å². The van der Waals surface area contributed by atoms with Crippen molar-refractivity contribution in [3.05, 3.63) is 34.6 Å². The quantitative estimate of drug-likeness (QED) is 0.691. The molecule has 1 amide bonds. The zero-order chi connectivity index (χ0) is 17.3. The number of halogens is 1. The number of benzene rings is 1. The van der Waals surface area contributed by atoms with E-state index in [1.165, 1.54) is 12.0 Å². The Morgan fingerprint density at radius 2 is 2.33 bits per heavy atom. The summed E-state index contributed by atoms with van der Waals surface area (Å²) in [4.78, 5) is 25.8. The number of nitrogens with zero attached hydrogens (tertiary/aromatic N) is 2. The highest BCUT2D eigenvalue weighted by Crippen LogP contribution is 2.30. The first-order valence-electron chi connectivity index (χ1n) is 7.16. The number of β-amino-alcohol motifs (C(OH)–C–C–N with tert-alkyl or cyclic N) is 1. The number of esters is 1. The number of nitrogens with one attached hydrogen (secondary N) is 2. The largest absolute Gasteiger partial charge is 0.466 e. The summed E-state index contributed by atoms with van der Waals surface area (Å²) in [5, 5.41) is 19.9. The molecule has 0 saturated heterocycles. The summed E-state index contributed by atoms with van der Waals surface area (Å²) in [5.41, 5.74) is 1.48. The Morgan fingerprint density at radius 3 is 3.04 bits per heavy atom. The summed E-state index contributed by atoms with van der Waals surface area (Å²) in [6.45, 7) is -0.00945. The van der Waals surface area contributed by atoms with Crippen molar-refractivity contribution in [2.75, 3.05) is 32.1 Å². The van der Waals surface area contributed by atoms with Gasteiger partial charge in [-0.2, -0.15) is 5.10 Å². The van der Waals surface area contributed by atoms with Gasteiger partial charge in [-0.05, 0) is 12.1 Å². The molecule has 3 rings (SSSR count). The molecule has 1 aromatic heterocycles. The molecule has 8 nitrogen and oxygen atoms in total. The number of rotatable bonds is 5. The monoisotopic (exact) mass is 350 g/mol. The van der Waals surface area contributed by atoms with E-state index in [0.29, 0.717) is 10.7 Å². The highest BCUT2D eigenvalue weighted by atomic mass is 35.5. The molecule has 2 aromatic rings. The van der Waals surface area contributed by atoms with Crippen molar-refractivity contribution in [3.8, 4) is 0 Å². The predicted octanol–water partition coefficient (Wildman–Crippen LogP) is 0.890. The van der Waals surface area contributed by atoms with Gasteiger partial charge in [0.2, 0.25) is 0 Å². The highest BCUT2D eigenvalue weighted by Gasteiger charge is 2.34. The molecule has 2 heterocycles. The lowest BCUT2D eigenvalue weighted by Gasteiger charge is -2.15. The van der Waals surface area contributed by atoms with Gasteiger partial charge in [0, 0.05) is 11.9 Å². The average molecular weight is 351 g/mol. The maximum absolute atomic E-state index is 12.5. The molecule has 0 spiro atoms. The number of ether oxygens (including phenoxy) is 1. The fourth-order valence-electron chi connectivity index (χ4n) is 2.54. The van der Waals surface area contributed by atoms with Crippen LogP contribution < -0.4 is 5.32 Å². The SMILES string of the molecule is COC(=O)C1=C(Nc2cc3[nH]ncc3cc2Cl)C(=O)N(CCO)C1. The second kappa shape index (κ2) is 6.50. The van der Waals surface area contributed by atoms with Gasteiger partial charge < -0.3 is 20.1 Å². The van der Waals surface area contributed by atoms with Crippen LogP contribution >= 0.6 is 11.6 Å². The Bertz CT molecular complexity index is 845. The lowest BCUT2D eigenvalue weighted by Crippen LogP contribution is -2.31. The molecule has 1 aliphatic heterocycles. The lowest BCUT2D eigenvalue weighted by molar-refractivity contribution is -0.136. The number of carbonyl (C=O) groups is 2. The third-order valence-corrected chi connectivity index (χ3v) is 4.05. The van der Waals surface area contributed by atoms with Crippen molar-refractivity contribution in [1.29, 1.82) is 0 Å². The van der Waals surface area contributed by atoms with E-state index in [1.54, 1.807) is 18.3 Å². The van der Waals surface area contributed by atoms with Gasteiger partial charge in [0.15, 0.2) is 0 Å². The number of methoxy groups -OCH3 is 1. The Morgan fingerprint density at radius 1 is 1.54 bits per heavy atom. The van der Waals surface area contributed by atoms with Gasteiger partial charge in [0.25, 0.3) is 5.91 Å². The van der Waals surface area contributed by atoms with E-state index < -0.39 is 11.9 Å². The molecule has 24 heavy (non-hydrogen) atoms. The summed E-state index contributed by atoms with van der Waals surface area (Å²) < 4.78 is 4.74. The van der Waals surface area contributed by atoms with Crippen LogP contribution in [0, 0.1) is 0 Å². The van der Waals surface area contributed by atoms with Gasteiger partial charge in [-0.15, -0.1) is 0 Å². The van der Waals surface area contributed by atoms with E-state index in [-0.39, 0.29) is 31.0 Å². The molecule has 0 radical (unpaired) electrons. The molecule has 126 valence electrons. The zero-order valence-electron chi connectivity index (χ0n) is 12.8. The molecule has 0 unspecified atom stereocenters. The fourth-order valence-corrected chi connectivity index (χ4v) is 2.76. The minimum Gasteiger partial charge on any atom is -0.466 e. The number of aliphatic hydroxyl groups excluding tert-OH is 1. The molecule has 0 bridgehead atoms. The Hall–Kier alpha value is -2.58. The Kier molecular flexibility index (Phi) is 4.41. The minimum absolute atomic E-state index is 0.0678. The van der Waals surface area contributed by atoms with Gasteiger partial charge in [0.1, 0.15) is 5.70 Å². The van der Waals surface area contributed by atoms with E-state index >= 15 is 0 Å². The summed E-state index contributed by atoms with van der Waals surface area (Å²) in [6, 6.07) is 3.40. The number of aliphatic hydroxyl groups is 1. The van der Waals surface area contributed by atoms with Gasteiger partial charge >= 0.3 is 5.97 Å². The molecule has 3 N–H and O–H groups in total. The van der Waals surface area contributed by atoms with Gasteiger partial charge in [-0.25, -0.2) is 4.79 Å². The second-order valence-electron chi connectivity index (χ2n) is 5.21. The van der Waals surface area contributed by atoms with E-state index in [9.17, 15) is 9.59 Å². The van der Waals surface area contributed by atoms with Gasteiger partial charge in [0.05, 0.1) is 48.3 Å². The van der Waals surface area contributed by atoms with Crippen LogP contribution in [0.2, 0.25) is 5.02 Å². The van der Waals surface area contributed by atoms with Crippen LogP contribution in [0.4, 0.5) is 5.69 Å². The van der Waals surface area contributed by atoms with E-state index in [0.717, 1.165) is 10.9 Å². The van der Waals surface area contributed by atoms with Crippen molar-refractivity contribution in [2.45, 2.75) is 0 Å². The van der Waals surface area contributed by atoms with Crippen LogP contribution in [0.5, 0.6) is 0 Å². The van der Waals surface area contributed by atoms with Crippen LogP contribution in [0.1, 0.15) is 0 Å². The predicted molar refractivity (Wildman–Crippen MR) is 87.4 cm³/mol. The first-order valence-corrected chi connectivity index (χ1v) is 7.54. The number of hydrogen-bond donors (Lipinski definition) is 3. The standard InChI is InChI=1S/C15H15ClN4O4/c1-24-15(23)9-7-20(2-3-21)14(22)13(9)18-12-5-11-8(4-10(12)16)6-17-19-11/h4-6,18,21H,2-3,7H2,1H3,(H,17,19). The van der Waals surface area contributed by atoms with Crippen molar-refractivity contribution in [1.82, 2.24) is 15.1 Å². The lowest BCUT2D eigenvalue weighted by atomic mass is 10.2. The topological polar surface area (TPSA) is 108 Å². The maximum atomic E-state index is 12.5. The number of aromatic nitrogens is 2. The first kappa shape index (κ1) is 16.3. The highest BCUT2D eigenvalue weighted by molar-refractivity contribution is 6.34. The van der Waals surface area contributed by atoms with E-state index in [1.807, 2.05) is 0 Å². The molecule has 1 aromatic carbocycles. The maximum Gasteiger partial charge on any atom is 0.337 e. The molecule has 9 heteroatoms. The van der Waals surface area contributed by atoms with Crippen molar-refractivity contribution in [2.24, 2.45) is 0 Å². The number of H-pyrrole nitrogens is 1. The zero-order valence-corrected chi connectivity index (χ0v) is 13.6. The number of amides is 1. The van der Waals surface area contributed by atoms with Crippen LogP contribution in [0.25, 0.3) is 10.9 Å². The fraction of sp³-hybridized carbons (Fsp3) is 0.267. The minimum atomic E-state index is -0.606. The molecule has 0 aliphatic carbocycles. The van der Waals surface area contributed by atoms with Crippen molar-refractivity contribution >= 4 is 40.1 Å². The van der Waals surface area contributed by atoms with E-state index in [4.69, 9.17) is 21.4 Å². The first-order chi connectivity index (χ1) is 11.5. The Labute approximate surface area is 142 Å². The smallest absolute Gasteiger partial charge is 0.337 e. The molecule has 1 aliphatic rings. The number of fused-ring (bicyclic) bond motifs is 1. The molecule has 0 saturated carbocycles. The summed E-state index contributed by atoms with van der Waals surface area (Å²) >= 11 is 6.24. The van der Waals surface area contributed by atoms with Crippen LogP contribution in [0.15, 0.2) is 29.6 Å². The number of aromatic amines is 1. The second-order valence-corrected chi connectivity index (χ2v) is 5.62. The van der Waals surface area contributed by atoms with Crippen molar-refractivity contribution in [3.63, 3.8) is 0 Å². The van der Waals surface area contributed by atoms with Crippen LogP contribution in [0.3, 0.4) is 0 Å². The summed E-state index contributed by atoms with van der Waals surface area (Å²) in [7, 11) is 1.25. The van der Waals surface area contributed by atoms with E-state index in [2.05, 4.69) is 15.5 Å². The van der Waals surface area contributed by atoms with Crippen molar-refractivity contribution < 1.29 is 19.4 Å². The molecular weight excluding hydrogens is 336 g/mol. The average Bonchev–Trinajstić information content (AvgIpc) is 3.13. The van der Waals surface area contributed by atoms with Crippen LogP contribution in [-0.4, -0.2) is 58.9 Å². The number of hydrogen-bond acceptors (Lipinski definition) is 6. The normalized spacial score (nSPS) is 14.6. The molecule has 0 atom stereocenters. The number of carbonyl (C=O) groups excluding carboxylic acids is 2. The summed E-state index contributed by atoms with van der Waals surface area (Å²) in [6.07, 6.45) is 1.63. The third-order valence-electron chi connectivity index (χ3n) is 3.74. The van der Waals surface area contributed by atoms with Gasteiger partial charge in [-0.1, -0.05) is 11.6 Å². The number of anilines is 1. The molecule has 0 fully saturated rings. The summed E-state index contributed by atoms with van der Waals surface area (Å²) in [5.74, 6) is -1.00. The third kappa shape index (κ3) is 2.81. The molecular formula is C15H15ClN4O4.